The summed E-state index contributed by atoms with van der Waals surface area (Å²) in [4.78, 5) is 2.10. The number of unbranched alkanes of at least 4 members (excludes halogenated alkanes) is 9. The van der Waals surface area contributed by atoms with E-state index in [2.05, 4.69) is 18.7 Å². The Hall–Kier alpha value is -0.930. The molecule has 0 aromatic rings. The highest BCUT2D eigenvalue weighted by molar-refractivity contribution is 8.03. The van der Waals surface area contributed by atoms with Gasteiger partial charge in [-0.15, -0.1) is 11.8 Å². The van der Waals surface area contributed by atoms with Crippen molar-refractivity contribution in [2.45, 2.75) is 78.1 Å². The van der Waals surface area contributed by atoms with Crippen molar-refractivity contribution < 1.29 is 8.42 Å². The molecule has 4 nitrogen and oxygen atoms in total. The van der Waals surface area contributed by atoms with E-state index >= 15 is 0 Å². The Labute approximate surface area is 171 Å². The molecule has 0 spiro atoms. The number of nitriles is 1. The summed E-state index contributed by atoms with van der Waals surface area (Å²) in [5.41, 5.74) is 0. The SMILES string of the molecule is CCCCCCCCCCCCS(=O)(=O)C(C#N)=CC=C1SCCN1CC. The third-order valence-electron chi connectivity index (χ3n) is 4.89. The quantitative estimate of drug-likeness (QED) is 0.273. The van der Waals surface area contributed by atoms with Crippen LogP contribution in [0.25, 0.3) is 0 Å². The first-order chi connectivity index (χ1) is 13.0. The Morgan fingerprint density at radius 3 is 2.22 bits per heavy atom. The van der Waals surface area contributed by atoms with Crippen LogP contribution in [0.2, 0.25) is 0 Å². The molecule has 0 N–H and O–H groups in total. The smallest absolute Gasteiger partial charge is 0.188 e. The van der Waals surface area contributed by atoms with Crippen molar-refractivity contribution in [3.8, 4) is 6.07 Å². The van der Waals surface area contributed by atoms with Crippen molar-refractivity contribution in [2.75, 3.05) is 24.6 Å². The molecule has 1 rings (SSSR count). The van der Waals surface area contributed by atoms with Crippen LogP contribution in [0.3, 0.4) is 0 Å². The first-order valence-corrected chi connectivity index (χ1v) is 13.1. The summed E-state index contributed by atoms with van der Waals surface area (Å²) < 4.78 is 24.8. The molecule has 0 unspecified atom stereocenters. The average molecular weight is 413 g/mol. The fourth-order valence-corrected chi connectivity index (χ4v) is 5.48. The number of hydrogen-bond donors (Lipinski definition) is 0. The van der Waals surface area contributed by atoms with Gasteiger partial charge in [-0.25, -0.2) is 8.42 Å². The van der Waals surface area contributed by atoms with Crippen molar-refractivity contribution >= 4 is 21.6 Å². The summed E-state index contributed by atoms with van der Waals surface area (Å²) in [7, 11) is -3.47. The lowest BCUT2D eigenvalue weighted by Gasteiger charge is -2.15. The minimum Gasteiger partial charge on any atom is -0.366 e. The standard InChI is InChI=1S/C21H36N2O2S2/c1-3-5-6-7-8-9-10-11-12-13-18-27(24,25)20(19-22)14-15-21-23(4-2)16-17-26-21/h14-15H,3-13,16-18H2,1-2H3. The molecule has 1 heterocycles. The molecule has 1 aliphatic rings. The Balaban J connectivity index is 2.33. The summed E-state index contributed by atoms with van der Waals surface area (Å²) in [6, 6.07) is 1.89. The molecule has 154 valence electrons. The van der Waals surface area contributed by atoms with E-state index in [1.165, 1.54) is 51.0 Å². The zero-order valence-corrected chi connectivity index (χ0v) is 18.7. The number of nitrogens with zero attached hydrogens (tertiary/aromatic N) is 2. The van der Waals surface area contributed by atoms with Crippen LogP contribution in [0.5, 0.6) is 0 Å². The van der Waals surface area contributed by atoms with Gasteiger partial charge in [0.1, 0.15) is 11.0 Å². The monoisotopic (exact) mass is 412 g/mol. The van der Waals surface area contributed by atoms with Gasteiger partial charge in [0, 0.05) is 18.8 Å². The van der Waals surface area contributed by atoms with Gasteiger partial charge in [-0.2, -0.15) is 5.26 Å². The Morgan fingerprint density at radius 2 is 1.67 bits per heavy atom. The van der Waals surface area contributed by atoms with E-state index < -0.39 is 9.84 Å². The molecule has 0 saturated carbocycles. The van der Waals surface area contributed by atoms with Gasteiger partial charge in [-0.05, 0) is 25.5 Å². The predicted octanol–water partition coefficient (Wildman–Crippen LogP) is 5.64. The van der Waals surface area contributed by atoms with Crippen molar-refractivity contribution in [2.24, 2.45) is 0 Å². The first-order valence-electron chi connectivity index (χ1n) is 10.5. The molecule has 0 amide bonds. The molecule has 0 aromatic carbocycles. The summed E-state index contributed by atoms with van der Waals surface area (Å²) in [5, 5.41) is 10.3. The van der Waals surface area contributed by atoms with Crippen LogP contribution >= 0.6 is 11.8 Å². The molecule has 1 aliphatic heterocycles. The Kier molecular flexibility index (Phi) is 12.6. The third kappa shape index (κ3) is 9.71. The molecule has 0 bridgehead atoms. The topological polar surface area (TPSA) is 61.2 Å². The number of sulfone groups is 1. The first kappa shape index (κ1) is 24.1. The normalized spacial score (nSPS) is 16.9. The molecule has 1 fully saturated rings. The van der Waals surface area contributed by atoms with Gasteiger partial charge in [-0.3, -0.25) is 0 Å². The summed E-state index contributed by atoms with van der Waals surface area (Å²) in [6.07, 6.45) is 14.9. The van der Waals surface area contributed by atoms with E-state index in [1.54, 1.807) is 17.8 Å². The number of hydrogen-bond acceptors (Lipinski definition) is 5. The van der Waals surface area contributed by atoms with E-state index in [-0.39, 0.29) is 10.7 Å². The van der Waals surface area contributed by atoms with Gasteiger partial charge in [0.25, 0.3) is 0 Å². The zero-order chi connectivity index (χ0) is 20.0. The van der Waals surface area contributed by atoms with E-state index in [0.717, 1.165) is 36.7 Å². The van der Waals surface area contributed by atoms with Crippen molar-refractivity contribution in [1.29, 1.82) is 5.26 Å². The molecule has 0 radical (unpaired) electrons. The Morgan fingerprint density at radius 1 is 1.07 bits per heavy atom. The highest BCUT2D eigenvalue weighted by Crippen LogP contribution is 2.27. The third-order valence-corrected chi connectivity index (χ3v) is 7.69. The number of allylic oxidation sites excluding steroid dienone is 3. The molecule has 6 heteroatoms. The minimum atomic E-state index is -3.47. The van der Waals surface area contributed by atoms with Crippen LogP contribution in [0.1, 0.15) is 78.1 Å². The van der Waals surface area contributed by atoms with Crippen LogP contribution < -0.4 is 0 Å². The average Bonchev–Trinajstić information content (AvgIpc) is 3.11. The van der Waals surface area contributed by atoms with Gasteiger partial charge in [-0.1, -0.05) is 64.7 Å². The lowest BCUT2D eigenvalue weighted by molar-refractivity contribution is 0.426. The van der Waals surface area contributed by atoms with Gasteiger partial charge < -0.3 is 4.90 Å². The second-order valence-electron chi connectivity index (χ2n) is 7.08. The Bertz CT molecular complexity index is 619. The maximum Gasteiger partial charge on any atom is 0.188 e. The minimum absolute atomic E-state index is 0.0801. The van der Waals surface area contributed by atoms with E-state index in [1.807, 2.05) is 6.07 Å². The lowest BCUT2D eigenvalue weighted by Crippen LogP contribution is -2.17. The van der Waals surface area contributed by atoms with Crippen LogP contribution in [0.4, 0.5) is 0 Å². The van der Waals surface area contributed by atoms with Gasteiger partial charge in [0.05, 0.1) is 10.8 Å². The predicted molar refractivity (Wildman–Crippen MR) is 117 cm³/mol. The van der Waals surface area contributed by atoms with Crippen LogP contribution in [-0.4, -0.2) is 37.9 Å². The van der Waals surface area contributed by atoms with E-state index in [4.69, 9.17) is 0 Å². The summed E-state index contributed by atoms with van der Waals surface area (Å²) in [6.45, 7) is 6.19. The van der Waals surface area contributed by atoms with Crippen molar-refractivity contribution in [1.82, 2.24) is 4.90 Å². The second kappa shape index (κ2) is 14.1. The van der Waals surface area contributed by atoms with Gasteiger partial charge in [0.2, 0.25) is 0 Å². The summed E-state index contributed by atoms with van der Waals surface area (Å²) in [5.74, 6) is 1.09. The molecule has 0 aromatic heterocycles. The molecule has 0 aliphatic carbocycles. The van der Waals surface area contributed by atoms with Gasteiger partial charge >= 0.3 is 0 Å². The maximum absolute atomic E-state index is 12.4. The zero-order valence-electron chi connectivity index (χ0n) is 17.1. The van der Waals surface area contributed by atoms with Crippen LogP contribution in [0, 0.1) is 11.3 Å². The molecule has 27 heavy (non-hydrogen) atoms. The molecule has 0 atom stereocenters. The molecular formula is C21H36N2O2S2. The second-order valence-corrected chi connectivity index (χ2v) is 10.3. The molecule has 1 saturated heterocycles. The summed E-state index contributed by atoms with van der Waals surface area (Å²) >= 11 is 1.71. The number of rotatable bonds is 14. The fraction of sp³-hybridized carbons (Fsp3) is 0.762. The fourth-order valence-electron chi connectivity index (χ4n) is 3.18. The maximum atomic E-state index is 12.4. The van der Waals surface area contributed by atoms with Crippen molar-refractivity contribution in [3.63, 3.8) is 0 Å². The largest absolute Gasteiger partial charge is 0.366 e. The highest BCUT2D eigenvalue weighted by atomic mass is 32.2. The number of thioether (sulfide) groups is 1. The van der Waals surface area contributed by atoms with Gasteiger partial charge in [0.15, 0.2) is 9.84 Å². The molecular weight excluding hydrogens is 376 g/mol. The highest BCUT2D eigenvalue weighted by Gasteiger charge is 2.18. The van der Waals surface area contributed by atoms with E-state index in [0.29, 0.717) is 6.42 Å². The van der Waals surface area contributed by atoms with Crippen molar-refractivity contribution in [3.05, 3.63) is 22.1 Å². The van der Waals surface area contributed by atoms with Crippen LogP contribution in [-0.2, 0) is 9.84 Å². The van der Waals surface area contributed by atoms with E-state index in [9.17, 15) is 13.7 Å². The van der Waals surface area contributed by atoms with Crippen LogP contribution in [0.15, 0.2) is 22.1 Å². The lowest BCUT2D eigenvalue weighted by atomic mass is 10.1.